The second kappa shape index (κ2) is 11.5. The smallest absolute Gasteiger partial charge is 0.344 e. The minimum atomic E-state index is -7.42. The fraction of sp³-hybridized carbons (Fsp3) is 0.739. The molecule has 1 saturated heterocycles. The summed E-state index contributed by atoms with van der Waals surface area (Å²) in [5.74, 6) is -49.8. The number of halogens is 20. The van der Waals surface area contributed by atoms with Gasteiger partial charge in [-0.25, -0.2) is 8.78 Å². The highest BCUT2D eigenvalue weighted by Gasteiger charge is 2.84. The normalized spacial score (nSPS) is 20.4. The maximum absolute atomic E-state index is 15.1. The Kier molecular flexibility index (Phi) is 9.46. The van der Waals surface area contributed by atoms with E-state index in [4.69, 9.17) is 9.47 Å². The third-order valence-electron chi connectivity index (χ3n) is 7.07. The molecule has 2 aromatic rings. The van der Waals surface area contributed by atoms with Crippen LogP contribution >= 0.6 is 0 Å². The van der Waals surface area contributed by atoms with Crippen LogP contribution in [0.2, 0.25) is 0 Å². The predicted octanol–water partition coefficient (Wildman–Crippen LogP) is 7.59. The molecule has 49 heavy (non-hydrogen) atoms. The summed E-state index contributed by atoms with van der Waals surface area (Å²) in [6, 6.07) is 0. The van der Waals surface area contributed by atoms with Gasteiger partial charge in [-0.3, -0.25) is 9.36 Å². The maximum Gasteiger partial charge on any atom is 0.460 e. The van der Waals surface area contributed by atoms with Gasteiger partial charge in [0.05, 0.1) is 12.2 Å². The molecule has 282 valence electrons. The highest BCUT2D eigenvalue weighted by molar-refractivity contribution is 5.26. The summed E-state index contributed by atoms with van der Waals surface area (Å²) in [5, 5.41) is 6.10. The Morgan fingerprint density at radius 1 is 0.531 bits per heavy atom. The number of aromatic nitrogens is 4. The largest absolute Gasteiger partial charge is 0.460 e. The third kappa shape index (κ3) is 6.06. The van der Waals surface area contributed by atoms with Gasteiger partial charge in [0, 0.05) is 26.9 Å². The first kappa shape index (κ1) is 40.4. The van der Waals surface area contributed by atoms with Crippen molar-refractivity contribution in [1.29, 1.82) is 0 Å². The Labute approximate surface area is 258 Å². The highest BCUT2D eigenvalue weighted by atomic mass is 19.4. The minimum Gasteiger partial charge on any atom is -0.344 e. The monoisotopic (exact) mass is 762 g/mol. The van der Waals surface area contributed by atoms with Gasteiger partial charge < -0.3 is 9.47 Å². The average molecular weight is 762 g/mol. The fourth-order valence-corrected chi connectivity index (χ4v) is 4.73. The number of alkyl halides is 18. The highest BCUT2D eigenvalue weighted by Crippen LogP contribution is 2.58. The van der Waals surface area contributed by atoms with Crippen molar-refractivity contribution < 1.29 is 97.3 Å². The molecule has 0 aliphatic carbocycles. The molecule has 0 aromatic carbocycles. The number of rotatable bonds is 10. The lowest BCUT2D eigenvalue weighted by molar-refractivity contribution is -0.400. The Bertz CT molecular complexity index is 1440. The first-order valence-corrected chi connectivity index (χ1v) is 12.7. The first-order valence-electron chi connectivity index (χ1n) is 12.7. The second-order valence-corrected chi connectivity index (χ2v) is 11.0. The van der Waals surface area contributed by atoms with E-state index in [0.717, 1.165) is 13.8 Å². The molecule has 3 rings (SSSR count). The van der Waals surface area contributed by atoms with Crippen molar-refractivity contribution >= 4 is 0 Å². The molecule has 1 fully saturated rings. The van der Waals surface area contributed by atoms with Gasteiger partial charge in [-0.15, -0.1) is 0 Å². The molecule has 0 unspecified atom stereocenters. The van der Waals surface area contributed by atoms with Crippen molar-refractivity contribution in [3.05, 3.63) is 34.4 Å². The molecule has 0 spiro atoms. The van der Waals surface area contributed by atoms with E-state index in [1.165, 1.54) is 0 Å². The lowest BCUT2D eigenvalue weighted by atomic mass is 9.98. The molecule has 2 atom stereocenters. The Balaban J connectivity index is 2.01. The molecule has 1 aliphatic heterocycles. The average Bonchev–Trinajstić information content (AvgIpc) is 3.45. The van der Waals surface area contributed by atoms with E-state index in [1.54, 1.807) is 0 Å². The summed E-state index contributed by atoms with van der Waals surface area (Å²) in [7, 11) is 0.461. The zero-order valence-corrected chi connectivity index (χ0v) is 24.2. The number of hydrogen-bond acceptors (Lipinski definition) is 4. The molecule has 0 radical (unpaired) electrons. The van der Waals surface area contributed by atoms with Crippen LogP contribution < -0.4 is 0 Å². The van der Waals surface area contributed by atoms with Gasteiger partial charge in [0.1, 0.15) is 22.8 Å². The molecule has 0 amide bonds. The minimum absolute atomic E-state index is 0.230. The lowest BCUT2D eigenvalue weighted by Gasteiger charge is -2.33. The number of nitrogens with zero attached hydrogens (tertiary/aromatic N) is 4. The standard InChI is InChI=1S/C23H18F20N4O2/c1-15(2)48-9(5-7-11(24)13(46(3)44-7)16(26,27)18(30,31)20(34,35)22(38,39)40)10(49-15)6-8-12(25)14(47(4)45-8)17(28,29)19(32,33)21(36,37)23(41,42)43/h9-10H,5-6H2,1-4H3/t9-,10+. The van der Waals surface area contributed by atoms with Crippen LogP contribution in [0.4, 0.5) is 87.8 Å². The van der Waals surface area contributed by atoms with Gasteiger partial charge in [-0.2, -0.15) is 89.2 Å². The summed E-state index contributed by atoms with van der Waals surface area (Å²) < 4.78 is 282. The van der Waals surface area contributed by atoms with E-state index in [9.17, 15) is 79.0 Å². The summed E-state index contributed by atoms with van der Waals surface area (Å²) in [5.41, 5.74) is -8.40. The van der Waals surface area contributed by atoms with Crippen molar-refractivity contribution in [3.8, 4) is 0 Å². The van der Waals surface area contributed by atoms with Crippen LogP contribution in [0.15, 0.2) is 0 Å². The van der Waals surface area contributed by atoms with Crippen LogP contribution in [0.3, 0.4) is 0 Å². The van der Waals surface area contributed by atoms with E-state index in [0.29, 0.717) is 0 Å². The van der Waals surface area contributed by atoms with Crippen molar-refractivity contribution in [2.24, 2.45) is 14.1 Å². The van der Waals surface area contributed by atoms with Gasteiger partial charge in [0.2, 0.25) is 0 Å². The molecule has 0 bridgehead atoms. The van der Waals surface area contributed by atoms with E-state index in [-0.39, 0.29) is 14.1 Å². The van der Waals surface area contributed by atoms with Crippen molar-refractivity contribution in [1.82, 2.24) is 19.6 Å². The predicted molar refractivity (Wildman–Crippen MR) is 117 cm³/mol. The molecule has 3 heterocycles. The van der Waals surface area contributed by atoms with E-state index >= 15 is 8.78 Å². The van der Waals surface area contributed by atoms with Gasteiger partial charge in [-0.05, 0) is 13.8 Å². The number of aryl methyl sites for hydroxylation is 2. The zero-order valence-electron chi connectivity index (χ0n) is 24.2. The maximum atomic E-state index is 15.1. The number of hydrogen-bond donors (Lipinski definition) is 0. The lowest BCUT2D eigenvalue weighted by Crippen LogP contribution is -2.60. The van der Waals surface area contributed by atoms with Crippen molar-refractivity contribution in [2.75, 3.05) is 0 Å². The second-order valence-electron chi connectivity index (χ2n) is 11.0. The first-order chi connectivity index (χ1) is 21.5. The molecule has 1 aliphatic rings. The van der Waals surface area contributed by atoms with E-state index < -0.39 is 122 Å². The quantitative estimate of drug-likeness (QED) is 0.235. The molecule has 6 nitrogen and oxygen atoms in total. The van der Waals surface area contributed by atoms with Gasteiger partial charge in [-0.1, -0.05) is 0 Å². The van der Waals surface area contributed by atoms with Crippen molar-refractivity contribution in [2.45, 2.75) is 92.6 Å². The molecule has 26 heteroatoms. The van der Waals surface area contributed by atoms with Crippen LogP contribution in [-0.4, -0.2) is 73.6 Å². The van der Waals surface area contributed by atoms with E-state index in [2.05, 4.69) is 10.2 Å². The molecule has 0 saturated carbocycles. The van der Waals surface area contributed by atoms with Gasteiger partial charge in [0.15, 0.2) is 17.4 Å². The molecular weight excluding hydrogens is 744 g/mol. The fourth-order valence-electron chi connectivity index (χ4n) is 4.73. The Morgan fingerprint density at radius 3 is 1.04 bits per heavy atom. The van der Waals surface area contributed by atoms with Crippen LogP contribution in [0.25, 0.3) is 0 Å². The van der Waals surface area contributed by atoms with Gasteiger partial charge in [0.25, 0.3) is 0 Å². The van der Waals surface area contributed by atoms with Crippen LogP contribution in [-0.2, 0) is 48.3 Å². The summed E-state index contributed by atoms with van der Waals surface area (Å²) >= 11 is 0. The van der Waals surface area contributed by atoms with Crippen LogP contribution in [0.5, 0.6) is 0 Å². The third-order valence-corrected chi connectivity index (χ3v) is 7.07. The molecule has 0 N–H and O–H groups in total. The number of ether oxygens (including phenoxy) is 2. The summed E-state index contributed by atoms with van der Waals surface area (Å²) in [6.07, 6.45) is -20.9. The Morgan fingerprint density at radius 2 is 0.796 bits per heavy atom. The summed E-state index contributed by atoms with van der Waals surface area (Å²) in [6.45, 7) is 2.06. The van der Waals surface area contributed by atoms with Crippen LogP contribution in [0, 0.1) is 11.6 Å². The van der Waals surface area contributed by atoms with E-state index in [1.807, 2.05) is 0 Å². The Hall–Kier alpha value is -3.06. The van der Waals surface area contributed by atoms with Crippen molar-refractivity contribution in [3.63, 3.8) is 0 Å². The topological polar surface area (TPSA) is 54.1 Å². The summed E-state index contributed by atoms with van der Waals surface area (Å²) in [4.78, 5) is 0. The SMILES string of the molecule is Cn1nc(C[C@@H]2OC(C)(C)O[C@@H]2Cc2nn(C)c(C(F)(F)C(F)(F)C(F)(F)C(F)(F)F)c2F)c(F)c1C(F)(F)C(F)(F)C(F)(F)C(F)(F)F. The van der Waals surface area contributed by atoms with Gasteiger partial charge >= 0.3 is 47.9 Å². The zero-order chi connectivity index (χ0) is 38.5. The van der Waals surface area contributed by atoms with Crippen LogP contribution in [0.1, 0.15) is 36.6 Å². The molecule has 2 aromatic heterocycles. The molecular formula is C23H18F20N4O2.